The van der Waals surface area contributed by atoms with Gasteiger partial charge in [-0.3, -0.25) is 19.5 Å². The monoisotopic (exact) mass is 478 g/mol. The quantitative estimate of drug-likeness (QED) is 0.382. The molecule has 1 aromatic heterocycles. The molecule has 3 aromatic rings. The topological polar surface area (TPSA) is 93.1 Å². The number of nitrogens with zero attached hydrogens (tertiary/aromatic N) is 2. The molecule has 3 amide bonds. The fourth-order valence-corrected chi connectivity index (χ4v) is 3.88. The van der Waals surface area contributed by atoms with Gasteiger partial charge in [-0.15, -0.1) is 0 Å². The summed E-state index contributed by atoms with van der Waals surface area (Å²) in [5.41, 5.74) is 1.34. The van der Waals surface area contributed by atoms with E-state index in [1.165, 1.54) is 4.57 Å². The first-order valence-electron chi connectivity index (χ1n) is 10.0. The molecule has 2 N–H and O–H groups in total. The molecule has 0 unspecified atom stereocenters. The number of carbonyl (C=O) groups is 2. The predicted octanol–water partition coefficient (Wildman–Crippen LogP) is 3.51. The maximum absolute atomic E-state index is 13.0. The fourth-order valence-electron chi connectivity index (χ4n) is 3.06. The standard InChI is InChI=1S/C22H21F3N4O3S/c23-22(24,25)14-26-20(32)28-18(30)13-33-21-27-17-11-5-4-10-16(17)19(31)29(21)12-6-9-15-7-2-1-3-8-15/h1-5,7-8,10-11H,6,9,12-14H2,(H2,26,28,30,32). The van der Waals surface area contributed by atoms with E-state index in [-0.39, 0.29) is 16.5 Å². The Kier molecular flexibility index (Phi) is 8.10. The van der Waals surface area contributed by atoms with E-state index in [0.717, 1.165) is 23.7 Å². The van der Waals surface area contributed by atoms with Gasteiger partial charge >= 0.3 is 12.2 Å². The summed E-state index contributed by atoms with van der Waals surface area (Å²) in [7, 11) is 0. The Morgan fingerprint density at radius 1 is 1.03 bits per heavy atom. The average molecular weight is 478 g/mol. The van der Waals surface area contributed by atoms with Gasteiger partial charge < -0.3 is 5.32 Å². The van der Waals surface area contributed by atoms with Crippen molar-refractivity contribution in [1.82, 2.24) is 20.2 Å². The molecule has 0 aliphatic rings. The third kappa shape index (κ3) is 7.35. The number of thioether (sulfide) groups is 1. The van der Waals surface area contributed by atoms with E-state index in [0.29, 0.717) is 23.9 Å². The molecule has 2 aromatic carbocycles. The van der Waals surface area contributed by atoms with E-state index < -0.39 is 24.7 Å². The minimum absolute atomic E-state index is 0.250. The predicted molar refractivity (Wildman–Crippen MR) is 119 cm³/mol. The first kappa shape index (κ1) is 24.3. The molecule has 0 bridgehead atoms. The zero-order valence-corrected chi connectivity index (χ0v) is 18.2. The van der Waals surface area contributed by atoms with Crippen molar-refractivity contribution < 1.29 is 22.8 Å². The summed E-state index contributed by atoms with van der Waals surface area (Å²) in [6, 6.07) is 15.4. The molecule has 0 radical (unpaired) electrons. The van der Waals surface area contributed by atoms with Gasteiger partial charge in [0.2, 0.25) is 5.91 Å². The number of alkyl halides is 3. The fraction of sp³-hybridized carbons (Fsp3) is 0.273. The molecule has 0 aliphatic carbocycles. The molecular formula is C22H21F3N4O3S. The summed E-state index contributed by atoms with van der Waals surface area (Å²) in [6.45, 7) is -1.19. The number of amides is 3. The number of hydrogen-bond acceptors (Lipinski definition) is 5. The summed E-state index contributed by atoms with van der Waals surface area (Å²) in [5, 5.41) is 4.13. The van der Waals surface area contributed by atoms with Crippen LogP contribution in [0.3, 0.4) is 0 Å². The maximum atomic E-state index is 13.0. The average Bonchev–Trinajstić information content (AvgIpc) is 2.78. The van der Waals surface area contributed by atoms with Crippen LogP contribution in [-0.2, 0) is 17.8 Å². The number of nitrogens with one attached hydrogen (secondary N) is 2. The van der Waals surface area contributed by atoms with Crippen LogP contribution in [0.15, 0.2) is 64.5 Å². The van der Waals surface area contributed by atoms with Gasteiger partial charge in [-0.25, -0.2) is 9.78 Å². The van der Waals surface area contributed by atoms with Crippen molar-refractivity contribution in [1.29, 1.82) is 0 Å². The van der Waals surface area contributed by atoms with Crippen LogP contribution in [-0.4, -0.2) is 40.0 Å². The molecule has 174 valence electrons. The molecule has 0 spiro atoms. The number of carbonyl (C=O) groups excluding carboxylic acids is 2. The molecule has 7 nitrogen and oxygen atoms in total. The maximum Gasteiger partial charge on any atom is 0.405 e. The molecule has 0 atom stereocenters. The van der Waals surface area contributed by atoms with E-state index in [9.17, 15) is 27.6 Å². The molecule has 11 heteroatoms. The number of halogens is 3. The van der Waals surface area contributed by atoms with Gasteiger partial charge in [0.15, 0.2) is 5.16 Å². The Hall–Kier alpha value is -3.34. The van der Waals surface area contributed by atoms with Gasteiger partial charge in [-0.1, -0.05) is 54.2 Å². The number of benzene rings is 2. The van der Waals surface area contributed by atoms with Gasteiger partial charge in [0.1, 0.15) is 6.54 Å². The van der Waals surface area contributed by atoms with E-state index in [1.54, 1.807) is 29.6 Å². The van der Waals surface area contributed by atoms with E-state index >= 15 is 0 Å². The lowest BCUT2D eigenvalue weighted by Gasteiger charge is -2.13. The Morgan fingerprint density at radius 2 is 1.73 bits per heavy atom. The number of aromatic nitrogens is 2. The van der Waals surface area contributed by atoms with Gasteiger partial charge in [0.25, 0.3) is 5.56 Å². The third-order valence-corrected chi connectivity index (χ3v) is 5.53. The van der Waals surface area contributed by atoms with Crippen molar-refractivity contribution in [3.63, 3.8) is 0 Å². The largest absolute Gasteiger partial charge is 0.405 e. The number of rotatable bonds is 8. The number of hydrogen-bond donors (Lipinski definition) is 2. The van der Waals surface area contributed by atoms with Crippen LogP contribution in [0.1, 0.15) is 12.0 Å². The van der Waals surface area contributed by atoms with Crippen LogP contribution in [0.4, 0.5) is 18.0 Å². The van der Waals surface area contributed by atoms with Crippen molar-refractivity contribution in [2.45, 2.75) is 30.7 Å². The second-order valence-electron chi connectivity index (χ2n) is 7.09. The van der Waals surface area contributed by atoms with Crippen LogP contribution < -0.4 is 16.2 Å². The number of urea groups is 1. The number of aryl methyl sites for hydroxylation is 1. The highest BCUT2D eigenvalue weighted by Crippen LogP contribution is 2.18. The highest BCUT2D eigenvalue weighted by Gasteiger charge is 2.28. The zero-order valence-electron chi connectivity index (χ0n) is 17.4. The lowest BCUT2D eigenvalue weighted by molar-refractivity contribution is -0.124. The highest BCUT2D eigenvalue weighted by molar-refractivity contribution is 7.99. The molecule has 0 fully saturated rings. The normalized spacial score (nSPS) is 11.4. The van der Waals surface area contributed by atoms with Crippen molar-refractivity contribution in [2.24, 2.45) is 0 Å². The van der Waals surface area contributed by atoms with Crippen LogP contribution >= 0.6 is 11.8 Å². The molecule has 0 aliphatic heterocycles. The Labute approximate surface area is 191 Å². The molecule has 33 heavy (non-hydrogen) atoms. The highest BCUT2D eigenvalue weighted by atomic mass is 32.2. The molecule has 0 saturated carbocycles. The van der Waals surface area contributed by atoms with Gasteiger partial charge in [-0.2, -0.15) is 13.2 Å². The van der Waals surface area contributed by atoms with Crippen molar-refractivity contribution in [3.8, 4) is 0 Å². The molecule has 0 saturated heterocycles. The Bertz CT molecular complexity index is 1180. The zero-order chi connectivity index (χ0) is 23.8. The Balaban J connectivity index is 1.69. The summed E-state index contributed by atoms with van der Waals surface area (Å²) < 4.78 is 38.0. The number of para-hydroxylation sites is 1. The third-order valence-electron chi connectivity index (χ3n) is 4.55. The smallest absolute Gasteiger partial charge is 0.329 e. The second-order valence-corrected chi connectivity index (χ2v) is 8.03. The molecular weight excluding hydrogens is 457 g/mol. The first-order valence-corrected chi connectivity index (χ1v) is 11.0. The van der Waals surface area contributed by atoms with Crippen molar-refractivity contribution in [3.05, 3.63) is 70.5 Å². The lowest BCUT2D eigenvalue weighted by Crippen LogP contribution is -2.44. The van der Waals surface area contributed by atoms with Gasteiger partial charge in [0.05, 0.1) is 16.7 Å². The Morgan fingerprint density at radius 3 is 2.45 bits per heavy atom. The van der Waals surface area contributed by atoms with Crippen LogP contribution in [0, 0.1) is 0 Å². The SMILES string of the molecule is O=C(CSc1nc2ccccc2c(=O)n1CCCc1ccccc1)NC(=O)NCC(F)(F)F. The second kappa shape index (κ2) is 11.0. The summed E-state index contributed by atoms with van der Waals surface area (Å²) >= 11 is 0.934. The van der Waals surface area contributed by atoms with E-state index in [4.69, 9.17) is 0 Å². The van der Waals surface area contributed by atoms with Crippen LogP contribution in [0.25, 0.3) is 10.9 Å². The minimum atomic E-state index is -4.58. The molecule has 1 heterocycles. The van der Waals surface area contributed by atoms with E-state index in [1.807, 2.05) is 35.6 Å². The summed E-state index contributed by atoms with van der Waals surface area (Å²) in [5.74, 6) is -1.11. The summed E-state index contributed by atoms with van der Waals surface area (Å²) in [4.78, 5) is 41.0. The number of fused-ring (bicyclic) bond motifs is 1. The van der Waals surface area contributed by atoms with Crippen LogP contribution in [0.5, 0.6) is 0 Å². The van der Waals surface area contributed by atoms with Crippen LogP contribution in [0.2, 0.25) is 0 Å². The lowest BCUT2D eigenvalue weighted by atomic mass is 10.1. The van der Waals surface area contributed by atoms with Gasteiger partial charge in [-0.05, 0) is 30.5 Å². The number of imide groups is 1. The van der Waals surface area contributed by atoms with Gasteiger partial charge in [0, 0.05) is 6.54 Å². The first-order chi connectivity index (χ1) is 15.7. The summed E-state index contributed by atoms with van der Waals surface area (Å²) in [6.07, 6.45) is -3.19. The van der Waals surface area contributed by atoms with Crippen molar-refractivity contribution >= 4 is 34.6 Å². The van der Waals surface area contributed by atoms with Crippen molar-refractivity contribution in [2.75, 3.05) is 12.3 Å². The molecule has 3 rings (SSSR count). The van der Waals surface area contributed by atoms with E-state index in [2.05, 4.69) is 4.98 Å². The minimum Gasteiger partial charge on any atom is -0.329 e.